The van der Waals surface area contributed by atoms with E-state index < -0.39 is 16.1 Å². The van der Waals surface area contributed by atoms with Gasteiger partial charge in [0.2, 0.25) is 21.8 Å². The molecule has 1 unspecified atom stereocenters. The van der Waals surface area contributed by atoms with Crippen molar-refractivity contribution in [3.05, 3.63) is 65.2 Å². The highest BCUT2D eigenvalue weighted by atomic mass is 32.2. The number of benzene rings is 2. The number of nitrogens with zero attached hydrogens (tertiary/aromatic N) is 2. The Bertz CT molecular complexity index is 1180. The molecule has 0 bridgehead atoms. The number of para-hydroxylation sites is 1. The first-order chi connectivity index (χ1) is 17.6. The van der Waals surface area contributed by atoms with Crippen LogP contribution in [0.4, 0.5) is 5.69 Å². The average Bonchev–Trinajstić information content (AvgIpc) is 3.34. The minimum atomic E-state index is -3.52. The highest BCUT2D eigenvalue weighted by Crippen LogP contribution is 2.24. The number of amides is 2. The number of sulfonamides is 1. The monoisotopic (exact) mass is 527 g/mol. The van der Waals surface area contributed by atoms with Gasteiger partial charge in [-0.15, -0.1) is 0 Å². The molecule has 3 rings (SSSR count). The topological polar surface area (TPSA) is 86.8 Å². The Morgan fingerprint density at radius 3 is 2.38 bits per heavy atom. The maximum Gasteiger partial charge on any atom is 0.243 e. The number of hydrogen-bond acceptors (Lipinski definition) is 4. The van der Waals surface area contributed by atoms with Crippen LogP contribution >= 0.6 is 0 Å². The van der Waals surface area contributed by atoms with Gasteiger partial charge < -0.3 is 10.2 Å². The summed E-state index contributed by atoms with van der Waals surface area (Å²) in [5, 5.41) is 3.16. The van der Waals surface area contributed by atoms with Gasteiger partial charge in [0, 0.05) is 25.6 Å². The average molecular weight is 528 g/mol. The van der Waals surface area contributed by atoms with Crippen LogP contribution < -0.4 is 9.62 Å². The van der Waals surface area contributed by atoms with Crippen molar-refractivity contribution in [2.45, 2.75) is 84.3 Å². The van der Waals surface area contributed by atoms with E-state index in [1.165, 1.54) is 10.6 Å². The smallest absolute Gasteiger partial charge is 0.243 e. The van der Waals surface area contributed by atoms with Gasteiger partial charge in [-0.05, 0) is 56.7 Å². The number of hydrogen-bond donors (Lipinski definition) is 1. The third-order valence-corrected chi connectivity index (χ3v) is 8.24. The zero-order chi connectivity index (χ0) is 27.0. The predicted molar refractivity (Wildman–Crippen MR) is 149 cm³/mol. The normalized spacial score (nSPS) is 14.8. The first kappa shape index (κ1) is 28.7. The third kappa shape index (κ3) is 8.06. The van der Waals surface area contributed by atoms with Gasteiger partial charge in [0.25, 0.3) is 0 Å². The van der Waals surface area contributed by atoms with Crippen molar-refractivity contribution in [2.75, 3.05) is 17.1 Å². The molecule has 2 amide bonds. The van der Waals surface area contributed by atoms with Crippen LogP contribution in [0.15, 0.2) is 48.5 Å². The maximum absolute atomic E-state index is 13.6. The number of rotatable bonds is 12. The van der Waals surface area contributed by atoms with Crippen LogP contribution in [0, 0.1) is 13.8 Å². The zero-order valence-electron chi connectivity index (χ0n) is 22.6. The number of aryl methyl sites for hydroxylation is 2. The second-order valence-corrected chi connectivity index (χ2v) is 12.1. The Labute approximate surface area is 222 Å². The van der Waals surface area contributed by atoms with E-state index in [0.717, 1.165) is 42.4 Å². The lowest BCUT2D eigenvalue weighted by atomic mass is 10.1. The van der Waals surface area contributed by atoms with Crippen molar-refractivity contribution in [3.63, 3.8) is 0 Å². The van der Waals surface area contributed by atoms with Gasteiger partial charge in [0.05, 0.1) is 11.9 Å². The molecule has 202 valence electrons. The summed E-state index contributed by atoms with van der Waals surface area (Å²) in [5.74, 6) is -0.249. The fourth-order valence-electron chi connectivity index (χ4n) is 5.12. The lowest BCUT2D eigenvalue weighted by Crippen LogP contribution is -2.51. The molecular formula is C29H41N3O4S. The van der Waals surface area contributed by atoms with Gasteiger partial charge in [-0.2, -0.15) is 0 Å². The van der Waals surface area contributed by atoms with E-state index in [9.17, 15) is 18.0 Å². The molecule has 1 saturated carbocycles. The first-order valence-electron chi connectivity index (χ1n) is 13.3. The summed E-state index contributed by atoms with van der Waals surface area (Å²) >= 11 is 0. The predicted octanol–water partition coefficient (Wildman–Crippen LogP) is 4.72. The van der Waals surface area contributed by atoms with Crippen LogP contribution in [0.1, 0.15) is 68.6 Å². The Kier molecular flexibility index (Phi) is 10.1. The van der Waals surface area contributed by atoms with Gasteiger partial charge in [-0.25, -0.2) is 8.42 Å². The second-order valence-electron chi connectivity index (χ2n) is 10.1. The Balaban J connectivity index is 1.76. The summed E-state index contributed by atoms with van der Waals surface area (Å²) in [7, 11) is -3.52. The molecule has 37 heavy (non-hydrogen) atoms. The fraction of sp³-hybridized carbons (Fsp3) is 0.517. The first-order valence-corrected chi connectivity index (χ1v) is 15.1. The van der Waals surface area contributed by atoms with E-state index >= 15 is 0 Å². The molecule has 1 N–H and O–H groups in total. The van der Waals surface area contributed by atoms with Crippen LogP contribution in [0.3, 0.4) is 0 Å². The van der Waals surface area contributed by atoms with Crippen LogP contribution in [0.25, 0.3) is 0 Å². The summed E-state index contributed by atoms with van der Waals surface area (Å²) in [6, 6.07) is 14.9. The molecule has 2 aromatic carbocycles. The molecule has 0 spiro atoms. The SMILES string of the molecule is CCC(C(=O)NC1CCCC1)N(Cc1cccc(C)c1)C(=O)CCCN(c1ccccc1C)S(C)(=O)=O. The summed E-state index contributed by atoms with van der Waals surface area (Å²) in [6.45, 7) is 6.34. The minimum Gasteiger partial charge on any atom is -0.352 e. The number of anilines is 1. The number of nitrogens with one attached hydrogen (secondary N) is 1. The van der Waals surface area contributed by atoms with Gasteiger partial charge in [0.1, 0.15) is 6.04 Å². The fourth-order valence-corrected chi connectivity index (χ4v) is 6.14. The van der Waals surface area contributed by atoms with E-state index in [4.69, 9.17) is 0 Å². The quantitative estimate of drug-likeness (QED) is 0.433. The third-order valence-electron chi connectivity index (χ3n) is 7.06. The Hall–Kier alpha value is -2.87. The molecule has 2 aromatic rings. The molecule has 8 heteroatoms. The van der Waals surface area contributed by atoms with Gasteiger partial charge in [0.15, 0.2) is 0 Å². The molecule has 1 aliphatic carbocycles. The maximum atomic E-state index is 13.6. The van der Waals surface area contributed by atoms with Crippen LogP contribution in [-0.2, 0) is 26.2 Å². The van der Waals surface area contributed by atoms with Crippen molar-refractivity contribution in [1.82, 2.24) is 10.2 Å². The minimum absolute atomic E-state index is 0.104. The lowest BCUT2D eigenvalue weighted by Gasteiger charge is -2.32. The standard InChI is InChI=1S/C29H41N3O4S/c1-5-26(29(34)30-25-15-7-8-16-25)31(21-24-14-10-12-22(2)20-24)28(33)18-11-19-32(37(4,35)36)27-17-9-6-13-23(27)3/h6,9-10,12-14,17,20,25-26H,5,7-8,11,15-16,18-19,21H2,1-4H3,(H,30,34). The second kappa shape index (κ2) is 13.1. The van der Waals surface area contributed by atoms with Crippen LogP contribution in [0.5, 0.6) is 0 Å². The molecular weight excluding hydrogens is 486 g/mol. The molecule has 0 heterocycles. The van der Waals surface area contributed by atoms with Gasteiger partial charge in [-0.1, -0.05) is 67.8 Å². The number of carbonyl (C=O) groups is 2. The lowest BCUT2D eigenvalue weighted by molar-refractivity contribution is -0.141. The van der Waals surface area contributed by atoms with Crippen LogP contribution in [0.2, 0.25) is 0 Å². The molecule has 7 nitrogen and oxygen atoms in total. The highest BCUT2D eigenvalue weighted by Gasteiger charge is 2.30. The molecule has 0 radical (unpaired) electrons. The van der Waals surface area contributed by atoms with E-state index in [-0.39, 0.29) is 30.8 Å². The highest BCUT2D eigenvalue weighted by molar-refractivity contribution is 7.92. The largest absolute Gasteiger partial charge is 0.352 e. The summed E-state index contributed by atoms with van der Waals surface area (Å²) in [4.78, 5) is 28.5. The molecule has 0 aliphatic heterocycles. The van der Waals surface area contributed by atoms with Crippen molar-refractivity contribution < 1.29 is 18.0 Å². The molecule has 0 saturated heterocycles. The number of carbonyl (C=O) groups excluding carboxylic acids is 2. The van der Waals surface area contributed by atoms with Crippen molar-refractivity contribution >= 4 is 27.5 Å². The molecule has 1 aliphatic rings. The summed E-state index contributed by atoms with van der Waals surface area (Å²) in [5.41, 5.74) is 3.54. The van der Waals surface area contributed by atoms with E-state index in [1.807, 2.05) is 63.2 Å². The van der Waals surface area contributed by atoms with Gasteiger partial charge in [-0.3, -0.25) is 13.9 Å². The van der Waals surface area contributed by atoms with Crippen LogP contribution in [-0.4, -0.2) is 50.0 Å². The Morgan fingerprint density at radius 2 is 1.76 bits per heavy atom. The van der Waals surface area contributed by atoms with E-state index in [2.05, 4.69) is 5.32 Å². The van der Waals surface area contributed by atoms with Gasteiger partial charge >= 0.3 is 0 Å². The summed E-state index contributed by atoms with van der Waals surface area (Å²) < 4.78 is 26.5. The zero-order valence-corrected chi connectivity index (χ0v) is 23.4. The Morgan fingerprint density at radius 1 is 1.05 bits per heavy atom. The van der Waals surface area contributed by atoms with Crippen molar-refractivity contribution in [2.24, 2.45) is 0 Å². The molecule has 1 atom stereocenters. The van der Waals surface area contributed by atoms with Crippen molar-refractivity contribution in [3.8, 4) is 0 Å². The molecule has 1 fully saturated rings. The summed E-state index contributed by atoms with van der Waals surface area (Å²) in [6.07, 6.45) is 6.39. The molecule has 0 aromatic heterocycles. The van der Waals surface area contributed by atoms with E-state index in [1.54, 1.807) is 11.0 Å². The van der Waals surface area contributed by atoms with E-state index in [0.29, 0.717) is 25.1 Å². The van der Waals surface area contributed by atoms with Crippen molar-refractivity contribution in [1.29, 1.82) is 0 Å².